The lowest BCUT2D eigenvalue weighted by molar-refractivity contribution is 0.0600. The molecule has 1 aromatic heterocycles. The van der Waals surface area contributed by atoms with Crippen molar-refractivity contribution in [3.63, 3.8) is 0 Å². The summed E-state index contributed by atoms with van der Waals surface area (Å²) in [4.78, 5) is 28.3. The summed E-state index contributed by atoms with van der Waals surface area (Å²) >= 11 is 0. The second-order valence-corrected chi connectivity index (χ2v) is 6.33. The molecule has 0 atom stereocenters. The largest absolute Gasteiger partial charge is 0.465 e. The number of aromatic nitrogens is 1. The van der Waals surface area contributed by atoms with E-state index < -0.39 is 5.97 Å². The number of benzene rings is 2. The normalized spacial score (nSPS) is 10.2. The maximum Gasteiger partial charge on any atom is 0.337 e. The van der Waals surface area contributed by atoms with Crippen LogP contribution in [0, 0.1) is 13.8 Å². The van der Waals surface area contributed by atoms with Crippen molar-refractivity contribution in [3.05, 3.63) is 83.0 Å². The molecular formula is C22H21N3O3. The van der Waals surface area contributed by atoms with Crippen molar-refractivity contribution >= 4 is 29.1 Å². The van der Waals surface area contributed by atoms with Crippen LogP contribution in [-0.2, 0) is 4.74 Å². The number of carbonyl (C=O) groups excluding carboxylic acids is 2. The molecule has 0 aliphatic heterocycles. The summed E-state index contributed by atoms with van der Waals surface area (Å²) in [5.74, 6) is -0.103. The molecule has 3 aromatic rings. The van der Waals surface area contributed by atoms with Gasteiger partial charge in [0.25, 0.3) is 5.91 Å². The molecular weight excluding hydrogens is 354 g/mol. The minimum absolute atomic E-state index is 0.266. The molecule has 0 radical (unpaired) electrons. The fraction of sp³-hybridized carbons (Fsp3) is 0.136. The van der Waals surface area contributed by atoms with Gasteiger partial charge in [0.05, 0.1) is 12.7 Å². The van der Waals surface area contributed by atoms with Gasteiger partial charge in [-0.25, -0.2) is 9.78 Å². The molecule has 6 heteroatoms. The molecule has 2 N–H and O–H groups in total. The zero-order valence-corrected chi connectivity index (χ0v) is 15.9. The molecule has 0 bridgehead atoms. The van der Waals surface area contributed by atoms with Crippen LogP contribution in [0.25, 0.3) is 0 Å². The Morgan fingerprint density at radius 3 is 2.43 bits per heavy atom. The number of rotatable bonds is 5. The minimum Gasteiger partial charge on any atom is -0.465 e. The number of pyridine rings is 1. The first-order valence-electron chi connectivity index (χ1n) is 8.77. The van der Waals surface area contributed by atoms with Gasteiger partial charge in [-0.2, -0.15) is 0 Å². The highest BCUT2D eigenvalue weighted by Gasteiger charge is 2.10. The minimum atomic E-state index is -0.422. The number of methoxy groups -OCH3 is 1. The van der Waals surface area contributed by atoms with Crippen molar-refractivity contribution in [2.75, 3.05) is 17.7 Å². The number of esters is 1. The molecule has 1 amide bonds. The number of hydrogen-bond acceptors (Lipinski definition) is 5. The smallest absolute Gasteiger partial charge is 0.337 e. The Morgan fingerprint density at radius 1 is 0.964 bits per heavy atom. The molecule has 2 aromatic carbocycles. The second kappa shape index (κ2) is 8.35. The summed E-state index contributed by atoms with van der Waals surface area (Å²) in [5.41, 5.74) is 4.73. The highest BCUT2D eigenvalue weighted by molar-refractivity contribution is 6.05. The third-order valence-corrected chi connectivity index (χ3v) is 4.45. The van der Waals surface area contributed by atoms with Gasteiger partial charge in [0.15, 0.2) is 0 Å². The van der Waals surface area contributed by atoms with Crippen LogP contribution < -0.4 is 10.6 Å². The van der Waals surface area contributed by atoms with Crippen LogP contribution in [0.1, 0.15) is 31.8 Å². The monoisotopic (exact) mass is 375 g/mol. The fourth-order valence-corrected chi connectivity index (χ4v) is 2.68. The summed E-state index contributed by atoms with van der Waals surface area (Å²) < 4.78 is 4.66. The van der Waals surface area contributed by atoms with E-state index in [1.165, 1.54) is 12.7 Å². The van der Waals surface area contributed by atoms with E-state index in [1.807, 2.05) is 32.0 Å². The Bertz CT molecular complexity index is 1010. The number of aryl methyl sites for hydroxylation is 1. The number of hydrogen-bond donors (Lipinski definition) is 2. The molecule has 0 saturated heterocycles. The summed E-state index contributed by atoms with van der Waals surface area (Å²) in [6.07, 6.45) is 1.59. The van der Waals surface area contributed by atoms with Crippen molar-refractivity contribution in [1.82, 2.24) is 4.98 Å². The molecule has 0 spiro atoms. The zero-order chi connectivity index (χ0) is 20.1. The van der Waals surface area contributed by atoms with Crippen molar-refractivity contribution in [2.24, 2.45) is 0 Å². The van der Waals surface area contributed by atoms with Crippen LogP contribution in [0.15, 0.2) is 60.8 Å². The molecule has 0 saturated carbocycles. The highest BCUT2D eigenvalue weighted by Crippen LogP contribution is 2.22. The van der Waals surface area contributed by atoms with Crippen molar-refractivity contribution in [2.45, 2.75) is 13.8 Å². The van der Waals surface area contributed by atoms with Gasteiger partial charge in [0.2, 0.25) is 0 Å². The van der Waals surface area contributed by atoms with Crippen LogP contribution in [0.4, 0.5) is 17.2 Å². The number of amides is 1. The standard InChI is InChI=1S/C22H21N3O3/c1-14-5-4-6-19(15(14)2)25-20-13-17(11-12-23-20)21(26)24-18-9-7-16(8-10-18)22(27)28-3/h4-13H,1-3H3,(H,23,25)(H,24,26). The van der Waals surface area contributed by atoms with Gasteiger partial charge in [-0.15, -0.1) is 0 Å². The molecule has 28 heavy (non-hydrogen) atoms. The van der Waals surface area contributed by atoms with E-state index in [9.17, 15) is 9.59 Å². The van der Waals surface area contributed by atoms with Crippen LogP contribution in [0.5, 0.6) is 0 Å². The number of carbonyl (C=O) groups is 2. The van der Waals surface area contributed by atoms with Gasteiger partial charge in [0, 0.05) is 23.1 Å². The lowest BCUT2D eigenvalue weighted by Crippen LogP contribution is -2.12. The summed E-state index contributed by atoms with van der Waals surface area (Å²) in [7, 11) is 1.32. The Balaban J connectivity index is 1.73. The van der Waals surface area contributed by atoms with E-state index in [1.54, 1.807) is 42.6 Å². The topological polar surface area (TPSA) is 80.3 Å². The number of nitrogens with zero attached hydrogens (tertiary/aromatic N) is 1. The van der Waals surface area contributed by atoms with E-state index in [0.29, 0.717) is 22.6 Å². The summed E-state index contributed by atoms with van der Waals surface area (Å²) in [6.45, 7) is 4.08. The lowest BCUT2D eigenvalue weighted by Gasteiger charge is -2.12. The van der Waals surface area contributed by atoms with E-state index in [4.69, 9.17) is 0 Å². The Hall–Kier alpha value is -3.67. The second-order valence-electron chi connectivity index (χ2n) is 6.33. The quantitative estimate of drug-likeness (QED) is 0.643. The van der Waals surface area contributed by atoms with Crippen molar-refractivity contribution in [3.8, 4) is 0 Å². The Labute approximate surface area is 163 Å². The predicted octanol–water partition coefficient (Wildman–Crippen LogP) is 4.48. The van der Waals surface area contributed by atoms with Gasteiger partial charge in [-0.1, -0.05) is 12.1 Å². The first-order valence-corrected chi connectivity index (χ1v) is 8.77. The maximum absolute atomic E-state index is 12.6. The van der Waals surface area contributed by atoms with Crippen LogP contribution >= 0.6 is 0 Å². The van der Waals surface area contributed by atoms with Gasteiger partial charge >= 0.3 is 5.97 Å². The highest BCUT2D eigenvalue weighted by atomic mass is 16.5. The van der Waals surface area contributed by atoms with Gasteiger partial charge in [-0.3, -0.25) is 4.79 Å². The molecule has 0 aliphatic rings. The lowest BCUT2D eigenvalue weighted by atomic mass is 10.1. The third-order valence-electron chi connectivity index (χ3n) is 4.45. The van der Waals surface area contributed by atoms with E-state index in [0.717, 1.165) is 11.3 Å². The van der Waals surface area contributed by atoms with Crippen molar-refractivity contribution < 1.29 is 14.3 Å². The fourth-order valence-electron chi connectivity index (χ4n) is 2.68. The van der Waals surface area contributed by atoms with E-state index in [2.05, 4.69) is 20.4 Å². The van der Waals surface area contributed by atoms with E-state index >= 15 is 0 Å². The van der Waals surface area contributed by atoms with Crippen LogP contribution in [0.3, 0.4) is 0 Å². The molecule has 3 rings (SSSR count). The molecule has 1 heterocycles. The maximum atomic E-state index is 12.6. The van der Waals surface area contributed by atoms with Gasteiger partial charge in [-0.05, 0) is 67.4 Å². The first kappa shape index (κ1) is 19.1. The number of ether oxygens (including phenoxy) is 1. The van der Waals surface area contributed by atoms with E-state index in [-0.39, 0.29) is 5.91 Å². The van der Waals surface area contributed by atoms with Gasteiger partial charge in [0.1, 0.15) is 5.82 Å². The predicted molar refractivity (Wildman–Crippen MR) is 109 cm³/mol. The summed E-state index contributed by atoms with van der Waals surface area (Å²) in [5, 5.41) is 6.06. The average molecular weight is 375 g/mol. The molecule has 0 unspecified atom stereocenters. The van der Waals surface area contributed by atoms with Crippen LogP contribution in [-0.4, -0.2) is 24.0 Å². The average Bonchev–Trinajstić information content (AvgIpc) is 2.71. The molecule has 0 fully saturated rings. The molecule has 0 aliphatic carbocycles. The zero-order valence-electron chi connectivity index (χ0n) is 15.9. The van der Waals surface area contributed by atoms with Gasteiger partial charge < -0.3 is 15.4 Å². The first-order chi connectivity index (χ1) is 13.5. The molecule has 6 nitrogen and oxygen atoms in total. The Morgan fingerprint density at radius 2 is 1.71 bits per heavy atom. The Kier molecular flexibility index (Phi) is 5.69. The molecule has 142 valence electrons. The number of anilines is 3. The SMILES string of the molecule is COC(=O)c1ccc(NC(=O)c2ccnc(Nc3cccc(C)c3C)c2)cc1. The number of nitrogens with one attached hydrogen (secondary N) is 2. The summed E-state index contributed by atoms with van der Waals surface area (Å²) in [6, 6.07) is 15.8. The van der Waals surface area contributed by atoms with Crippen molar-refractivity contribution in [1.29, 1.82) is 0 Å². The third kappa shape index (κ3) is 4.35. The van der Waals surface area contributed by atoms with Crippen LogP contribution in [0.2, 0.25) is 0 Å².